The van der Waals surface area contributed by atoms with Gasteiger partial charge in [0.05, 0.1) is 6.07 Å². The molecule has 0 N–H and O–H groups in total. The summed E-state index contributed by atoms with van der Waals surface area (Å²) in [7, 11) is 0. The largest absolute Gasteiger partial charge is 0.207 e. The van der Waals surface area contributed by atoms with E-state index in [4.69, 9.17) is 5.26 Å². The fourth-order valence-electron chi connectivity index (χ4n) is 2.16. The van der Waals surface area contributed by atoms with E-state index in [1.807, 2.05) is 6.08 Å². The molecule has 0 amide bonds. The summed E-state index contributed by atoms with van der Waals surface area (Å²) in [6.07, 6.45) is 4.42. The van der Waals surface area contributed by atoms with Crippen molar-refractivity contribution in [1.82, 2.24) is 0 Å². The second-order valence-corrected chi connectivity index (χ2v) is 4.44. The molecule has 0 heterocycles. The van der Waals surface area contributed by atoms with Gasteiger partial charge in [0.2, 0.25) is 0 Å². The Balaban J connectivity index is 2.45. The minimum Gasteiger partial charge on any atom is -0.207 e. The molecule has 0 aromatic heterocycles. The van der Waals surface area contributed by atoms with Crippen LogP contribution in [0.3, 0.4) is 0 Å². The molecule has 92 valence electrons. The molecule has 0 spiro atoms. The Morgan fingerprint density at radius 1 is 1.17 bits per heavy atom. The predicted molar refractivity (Wildman–Crippen MR) is 66.5 cm³/mol. The Labute approximate surface area is 105 Å². The maximum atomic E-state index is 13.2. The van der Waals surface area contributed by atoms with E-state index >= 15 is 0 Å². The number of nitrogens with zero attached hydrogens (tertiary/aromatic N) is 1. The van der Waals surface area contributed by atoms with Gasteiger partial charge in [-0.15, -0.1) is 0 Å². The number of halogens is 2. The lowest BCUT2D eigenvalue weighted by Crippen LogP contribution is -1.97. The summed E-state index contributed by atoms with van der Waals surface area (Å²) in [4.78, 5) is 0. The highest BCUT2D eigenvalue weighted by Crippen LogP contribution is 2.31. The van der Waals surface area contributed by atoms with Crippen molar-refractivity contribution in [3.63, 3.8) is 0 Å². The molecule has 2 rings (SSSR count). The van der Waals surface area contributed by atoms with Gasteiger partial charge in [-0.2, -0.15) is 5.26 Å². The van der Waals surface area contributed by atoms with Gasteiger partial charge < -0.3 is 0 Å². The summed E-state index contributed by atoms with van der Waals surface area (Å²) in [5, 5.41) is 8.87. The smallest absolute Gasteiger partial charge is 0.126 e. The SMILES string of the molecule is C/C(C#N)=C1/C=C(c2cc(F)cc(F)c2)CCC1. The van der Waals surface area contributed by atoms with E-state index in [1.54, 1.807) is 6.92 Å². The zero-order valence-corrected chi connectivity index (χ0v) is 10.1. The number of allylic oxidation sites excluding steroid dienone is 4. The Hall–Kier alpha value is -1.95. The third-order valence-corrected chi connectivity index (χ3v) is 3.12. The van der Waals surface area contributed by atoms with Gasteiger partial charge >= 0.3 is 0 Å². The lowest BCUT2D eigenvalue weighted by Gasteiger charge is -2.16. The molecule has 1 aromatic rings. The van der Waals surface area contributed by atoms with Crippen LogP contribution < -0.4 is 0 Å². The van der Waals surface area contributed by atoms with Gasteiger partial charge in [-0.3, -0.25) is 0 Å². The predicted octanol–water partition coefficient (Wildman–Crippen LogP) is 4.37. The average molecular weight is 245 g/mol. The molecule has 18 heavy (non-hydrogen) atoms. The second kappa shape index (κ2) is 5.14. The van der Waals surface area contributed by atoms with E-state index in [9.17, 15) is 8.78 Å². The third kappa shape index (κ3) is 2.65. The molecule has 0 unspecified atom stereocenters. The molecular formula is C15H13F2N. The molecule has 0 saturated carbocycles. The van der Waals surface area contributed by atoms with Crippen molar-refractivity contribution in [1.29, 1.82) is 5.26 Å². The zero-order chi connectivity index (χ0) is 13.1. The first-order chi connectivity index (χ1) is 8.60. The first-order valence-corrected chi connectivity index (χ1v) is 5.87. The Morgan fingerprint density at radius 2 is 1.83 bits per heavy atom. The third-order valence-electron chi connectivity index (χ3n) is 3.12. The Kier molecular flexibility index (Phi) is 3.57. The van der Waals surface area contributed by atoms with E-state index in [1.165, 1.54) is 12.1 Å². The maximum Gasteiger partial charge on any atom is 0.126 e. The molecule has 0 fully saturated rings. The molecule has 3 heteroatoms. The van der Waals surface area contributed by atoms with Gasteiger partial charge in [-0.05, 0) is 55.0 Å². The van der Waals surface area contributed by atoms with E-state index in [0.29, 0.717) is 11.1 Å². The molecule has 1 aromatic carbocycles. The fraction of sp³-hybridized carbons (Fsp3) is 0.267. The van der Waals surface area contributed by atoms with Crippen molar-refractivity contribution >= 4 is 5.57 Å². The van der Waals surface area contributed by atoms with Gasteiger partial charge in [0.15, 0.2) is 0 Å². The van der Waals surface area contributed by atoms with E-state index in [0.717, 1.165) is 36.5 Å². The van der Waals surface area contributed by atoms with Crippen molar-refractivity contribution < 1.29 is 8.78 Å². The summed E-state index contributed by atoms with van der Waals surface area (Å²) in [6, 6.07) is 5.65. The lowest BCUT2D eigenvalue weighted by atomic mass is 9.89. The monoisotopic (exact) mass is 245 g/mol. The van der Waals surface area contributed by atoms with E-state index < -0.39 is 11.6 Å². The number of hydrogen-bond acceptors (Lipinski definition) is 1. The van der Waals surface area contributed by atoms with E-state index in [-0.39, 0.29) is 0 Å². The number of nitriles is 1. The van der Waals surface area contributed by atoms with Gasteiger partial charge in [-0.25, -0.2) is 8.78 Å². The van der Waals surface area contributed by atoms with Gasteiger partial charge in [-0.1, -0.05) is 6.08 Å². The van der Waals surface area contributed by atoms with Crippen molar-refractivity contribution in [3.8, 4) is 6.07 Å². The highest BCUT2D eigenvalue weighted by molar-refractivity contribution is 5.70. The van der Waals surface area contributed by atoms with Gasteiger partial charge in [0.25, 0.3) is 0 Å². The molecule has 0 aliphatic heterocycles. The van der Waals surface area contributed by atoms with E-state index in [2.05, 4.69) is 6.07 Å². The van der Waals surface area contributed by atoms with Crippen LogP contribution in [0.2, 0.25) is 0 Å². The van der Waals surface area contributed by atoms with Crippen LogP contribution in [0, 0.1) is 23.0 Å². The minimum atomic E-state index is -0.570. The topological polar surface area (TPSA) is 23.8 Å². The van der Waals surface area contributed by atoms with Gasteiger partial charge in [0, 0.05) is 11.6 Å². The molecule has 0 saturated heterocycles. The molecule has 1 aliphatic carbocycles. The summed E-state index contributed by atoms with van der Waals surface area (Å²) < 4.78 is 26.3. The zero-order valence-electron chi connectivity index (χ0n) is 10.1. The Morgan fingerprint density at radius 3 is 2.44 bits per heavy atom. The number of benzene rings is 1. The van der Waals surface area contributed by atoms with Crippen molar-refractivity contribution in [2.24, 2.45) is 0 Å². The standard InChI is InChI=1S/C15H13F2N/c1-10(9-18)11-3-2-4-12(5-11)13-6-14(16)8-15(17)7-13/h5-8H,2-4H2,1H3/b11-10-. The van der Waals surface area contributed by atoms with Crippen LogP contribution in [0.5, 0.6) is 0 Å². The number of rotatable bonds is 1. The van der Waals surface area contributed by atoms with Crippen LogP contribution in [0.25, 0.3) is 5.57 Å². The first-order valence-electron chi connectivity index (χ1n) is 5.87. The van der Waals surface area contributed by atoms with Crippen LogP contribution in [0.4, 0.5) is 8.78 Å². The fourth-order valence-corrected chi connectivity index (χ4v) is 2.16. The minimum absolute atomic E-state index is 0.565. The molecule has 0 radical (unpaired) electrons. The van der Waals surface area contributed by atoms with Crippen LogP contribution in [0.15, 0.2) is 35.4 Å². The highest BCUT2D eigenvalue weighted by Gasteiger charge is 2.13. The van der Waals surface area contributed by atoms with Crippen LogP contribution in [-0.4, -0.2) is 0 Å². The highest BCUT2D eigenvalue weighted by atomic mass is 19.1. The van der Waals surface area contributed by atoms with Crippen LogP contribution in [0.1, 0.15) is 31.7 Å². The normalized spacial score (nSPS) is 18.0. The molecule has 1 aliphatic rings. The molecular weight excluding hydrogens is 232 g/mol. The summed E-state index contributed by atoms with van der Waals surface area (Å²) >= 11 is 0. The quantitative estimate of drug-likeness (QED) is 0.674. The molecule has 1 nitrogen and oxygen atoms in total. The number of hydrogen-bond donors (Lipinski definition) is 0. The molecule has 0 atom stereocenters. The van der Waals surface area contributed by atoms with Crippen molar-refractivity contribution in [3.05, 3.63) is 52.6 Å². The Bertz CT molecular complexity index is 556. The van der Waals surface area contributed by atoms with Crippen LogP contribution >= 0.6 is 0 Å². The van der Waals surface area contributed by atoms with Crippen molar-refractivity contribution in [2.45, 2.75) is 26.2 Å². The maximum absolute atomic E-state index is 13.2. The van der Waals surface area contributed by atoms with Crippen molar-refractivity contribution in [2.75, 3.05) is 0 Å². The molecule has 0 bridgehead atoms. The van der Waals surface area contributed by atoms with Gasteiger partial charge in [0.1, 0.15) is 11.6 Å². The summed E-state index contributed by atoms with van der Waals surface area (Å²) in [6.45, 7) is 1.76. The van der Waals surface area contributed by atoms with Crippen LogP contribution in [-0.2, 0) is 0 Å². The second-order valence-electron chi connectivity index (χ2n) is 4.44. The first kappa shape index (κ1) is 12.5. The average Bonchev–Trinajstić information content (AvgIpc) is 2.37. The lowest BCUT2D eigenvalue weighted by molar-refractivity contribution is 0.582. The summed E-state index contributed by atoms with van der Waals surface area (Å²) in [5.74, 6) is -1.14. The summed E-state index contributed by atoms with van der Waals surface area (Å²) in [5.41, 5.74) is 3.09.